The van der Waals surface area contributed by atoms with Gasteiger partial charge in [-0.2, -0.15) is 0 Å². The summed E-state index contributed by atoms with van der Waals surface area (Å²) in [6.45, 7) is 7.47. The molecule has 29 heavy (non-hydrogen) atoms. The molecule has 0 unspecified atom stereocenters. The molecule has 1 N–H and O–H groups in total. The first kappa shape index (κ1) is 21.0. The lowest BCUT2D eigenvalue weighted by Crippen LogP contribution is -2.40. The Morgan fingerprint density at radius 1 is 1.03 bits per heavy atom. The molecule has 1 fully saturated rings. The summed E-state index contributed by atoms with van der Waals surface area (Å²) in [6, 6.07) is 10.0. The summed E-state index contributed by atoms with van der Waals surface area (Å²) in [7, 11) is 0. The molecule has 3 rings (SSSR count). The van der Waals surface area contributed by atoms with E-state index in [1.54, 1.807) is 19.1 Å². The molecule has 1 saturated carbocycles. The summed E-state index contributed by atoms with van der Waals surface area (Å²) in [5.74, 6) is -1.12. The number of nitrogens with one attached hydrogen (secondary N) is 1. The van der Waals surface area contributed by atoms with E-state index in [4.69, 9.17) is 4.74 Å². The van der Waals surface area contributed by atoms with E-state index < -0.39 is 17.5 Å². The van der Waals surface area contributed by atoms with E-state index in [0.29, 0.717) is 12.8 Å². The first-order valence-corrected chi connectivity index (χ1v) is 10.1. The topological polar surface area (TPSA) is 55.4 Å². The van der Waals surface area contributed by atoms with Gasteiger partial charge in [0.05, 0.1) is 5.41 Å². The Balaban J connectivity index is 1.75. The van der Waals surface area contributed by atoms with Gasteiger partial charge in [0.2, 0.25) is 0 Å². The van der Waals surface area contributed by atoms with Gasteiger partial charge >= 0.3 is 5.97 Å². The summed E-state index contributed by atoms with van der Waals surface area (Å²) in [5, 5.41) is 2.90. The number of ether oxygens (including phenoxy) is 1. The van der Waals surface area contributed by atoms with Gasteiger partial charge in [-0.15, -0.1) is 0 Å². The number of amides is 1. The van der Waals surface area contributed by atoms with E-state index in [2.05, 4.69) is 5.32 Å². The molecule has 4 nitrogen and oxygen atoms in total. The third-order valence-corrected chi connectivity index (χ3v) is 5.82. The number of halogens is 1. The quantitative estimate of drug-likeness (QED) is 0.712. The van der Waals surface area contributed by atoms with Gasteiger partial charge in [-0.1, -0.05) is 42.7 Å². The predicted octanol–water partition coefficient (Wildman–Crippen LogP) is 5.13. The van der Waals surface area contributed by atoms with Crippen molar-refractivity contribution in [3.8, 4) is 0 Å². The van der Waals surface area contributed by atoms with Gasteiger partial charge in [-0.05, 0) is 69.4 Å². The third kappa shape index (κ3) is 4.34. The zero-order valence-corrected chi connectivity index (χ0v) is 17.5. The predicted molar refractivity (Wildman–Crippen MR) is 111 cm³/mol. The highest BCUT2D eigenvalue weighted by Gasteiger charge is 2.45. The van der Waals surface area contributed by atoms with E-state index in [1.165, 1.54) is 12.1 Å². The summed E-state index contributed by atoms with van der Waals surface area (Å²) in [5.41, 5.74) is 3.75. The van der Waals surface area contributed by atoms with Crippen LogP contribution in [0, 0.1) is 26.6 Å². The van der Waals surface area contributed by atoms with Crippen LogP contribution in [-0.2, 0) is 19.7 Å². The van der Waals surface area contributed by atoms with Crippen LogP contribution in [0.2, 0.25) is 0 Å². The van der Waals surface area contributed by atoms with Crippen molar-refractivity contribution in [2.24, 2.45) is 0 Å². The summed E-state index contributed by atoms with van der Waals surface area (Å²) >= 11 is 0. The molecular weight excluding hydrogens is 369 g/mol. The van der Waals surface area contributed by atoms with Gasteiger partial charge in [-0.3, -0.25) is 9.59 Å². The highest BCUT2D eigenvalue weighted by Crippen LogP contribution is 2.42. The van der Waals surface area contributed by atoms with Crippen molar-refractivity contribution in [1.29, 1.82) is 0 Å². The van der Waals surface area contributed by atoms with Gasteiger partial charge in [0.15, 0.2) is 6.10 Å². The fourth-order valence-corrected chi connectivity index (χ4v) is 4.29. The van der Waals surface area contributed by atoms with Gasteiger partial charge < -0.3 is 10.1 Å². The summed E-state index contributed by atoms with van der Waals surface area (Å²) in [4.78, 5) is 25.8. The second-order valence-corrected chi connectivity index (χ2v) is 8.11. The molecule has 1 aliphatic carbocycles. The number of hydrogen-bond donors (Lipinski definition) is 1. The van der Waals surface area contributed by atoms with Crippen LogP contribution in [0.5, 0.6) is 0 Å². The van der Waals surface area contributed by atoms with Crippen LogP contribution in [0.25, 0.3) is 0 Å². The van der Waals surface area contributed by atoms with Crippen LogP contribution in [-0.4, -0.2) is 18.0 Å². The third-order valence-electron chi connectivity index (χ3n) is 5.82. The maximum atomic E-state index is 13.3. The number of hydrogen-bond acceptors (Lipinski definition) is 3. The minimum Gasteiger partial charge on any atom is -0.452 e. The second kappa shape index (κ2) is 8.36. The lowest BCUT2D eigenvalue weighted by Gasteiger charge is -2.29. The number of carbonyl (C=O) groups excluding carboxylic acids is 2. The average molecular weight is 397 g/mol. The normalized spacial score (nSPS) is 16.3. The number of rotatable bonds is 5. The minimum absolute atomic E-state index is 0.341. The number of benzene rings is 2. The molecule has 0 spiro atoms. The van der Waals surface area contributed by atoms with Crippen molar-refractivity contribution >= 4 is 17.6 Å². The van der Waals surface area contributed by atoms with Crippen LogP contribution in [0.4, 0.5) is 10.1 Å². The Morgan fingerprint density at radius 3 is 2.14 bits per heavy atom. The van der Waals surface area contributed by atoms with E-state index in [1.807, 2.05) is 32.9 Å². The Hall–Kier alpha value is -2.69. The molecule has 154 valence electrons. The maximum absolute atomic E-state index is 13.3. The minimum atomic E-state index is -0.930. The largest absolute Gasteiger partial charge is 0.452 e. The molecule has 1 amide bonds. The highest BCUT2D eigenvalue weighted by atomic mass is 19.1. The SMILES string of the molecule is Cc1cc(C)c(NC(=O)[C@H](C)OC(=O)C2(c3ccc(F)cc3)CCCC2)c(C)c1. The Kier molecular flexibility index (Phi) is 6.06. The van der Waals surface area contributed by atoms with Crippen molar-refractivity contribution in [1.82, 2.24) is 0 Å². The Bertz CT molecular complexity index is 891. The van der Waals surface area contributed by atoms with E-state index in [-0.39, 0.29) is 11.7 Å². The number of anilines is 1. The molecule has 0 bridgehead atoms. The zero-order chi connectivity index (χ0) is 21.2. The molecule has 1 atom stereocenters. The first-order chi connectivity index (χ1) is 13.7. The van der Waals surface area contributed by atoms with Crippen LogP contribution in [0.3, 0.4) is 0 Å². The van der Waals surface area contributed by atoms with Crippen molar-refractivity contribution in [2.45, 2.75) is 64.9 Å². The zero-order valence-electron chi connectivity index (χ0n) is 17.5. The van der Waals surface area contributed by atoms with Gasteiger partial charge in [0.25, 0.3) is 5.91 Å². The molecule has 5 heteroatoms. The lowest BCUT2D eigenvalue weighted by molar-refractivity contribution is -0.159. The average Bonchev–Trinajstić information content (AvgIpc) is 3.16. The molecule has 2 aromatic rings. The number of aryl methyl sites for hydroxylation is 3. The Morgan fingerprint density at radius 2 is 1.59 bits per heavy atom. The lowest BCUT2D eigenvalue weighted by atomic mass is 9.79. The molecule has 0 heterocycles. The molecule has 0 aromatic heterocycles. The number of carbonyl (C=O) groups is 2. The van der Waals surface area contributed by atoms with Crippen molar-refractivity contribution in [3.63, 3.8) is 0 Å². The van der Waals surface area contributed by atoms with Crippen molar-refractivity contribution in [2.75, 3.05) is 5.32 Å². The standard InChI is InChI=1S/C24H28FNO3/c1-15-13-16(2)21(17(3)14-15)26-22(27)18(4)29-23(28)24(11-5-6-12-24)19-7-9-20(25)10-8-19/h7-10,13-14,18H,5-6,11-12H2,1-4H3,(H,26,27)/t18-/m0/s1. The fourth-order valence-electron chi connectivity index (χ4n) is 4.29. The molecule has 0 saturated heterocycles. The van der Waals surface area contributed by atoms with E-state index in [9.17, 15) is 14.0 Å². The van der Waals surface area contributed by atoms with Crippen LogP contribution in [0.15, 0.2) is 36.4 Å². The smallest absolute Gasteiger partial charge is 0.317 e. The van der Waals surface area contributed by atoms with E-state index in [0.717, 1.165) is 40.8 Å². The summed E-state index contributed by atoms with van der Waals surface area (Å²) < 4.78 is 19.0. The van der Waals surface area contributed by atoms with Gasteiger partial charge in [-0.25, -0.2) is 4.39 Å². The van der Waals surface area contributed by atoms with Crippen LogP contribution >= 0.6 is 0 Å². The van der Waals surface area contributed by atoms with E-state index >= 15 is 0 Å². The fraction of sp³-hybridized carbons (Fsp3) is 0.417. The van der Waals surface area contributed by atoms with Crippen LogP contribution in [0.1, 0.15) is 54.9 Å². The number of esters is 1. The molecule has 0 aliphatic heterocycles. The highest BCUT2D eigenvalue weighted by molar-refractivity contribution is 5.97. The van der Waals surface area contributed by atoms with Gasteiger partial charge in [0.1, 0.15) is 5.82 Å². The van der Waals surface area contributed by atoms with Crippen molar-refractivity contribution < 1.29 is 18.7 Å². The summed E-state index contributed by atoms with van der Waals surface area (Å²) in [6.07, 6.45) is 2.15. The maximum Gasteiger partial charge on any atom is 0.317 e. The molecule has 2 aromatic carbocycles. The van der Waals surface area contributed by atoms with Crippen LogP contribution < -0.4 is 5.32 Å². The monoisotopic (exact) mass is 397 g/mol. The molecular formula is C24H28FNO3. The first-order valence-electron chi connectivity index (χ1n) is 10.1. The molecule has 1 aliphatic rings. The van der Waals surface area contributed by atoms with Gasteiger partial charge in [0, 0.05) is 5.69 Å². The second-order valence-electron chi connectivity index (χ2n) is 8.11. The molecule has 0 radical (unpaired) electrons. The Labute approximate surface area is 171 Å². The van der Waals surface area contributed by atoms with Crippen molar-refractivity contribution in [3.05, 3.63) is 64.5 Å².